The van der Waals surface area contributed by atoms with Gasteiger partial charge in [-0.05, 0) is 25.0 Å². The molecule has 1 aromatic carbocycles. The van der Waals surface area contributed by atoms with E-state index in [1.165, 1.54) is 17.8 Å². The lowest BCUT2D eigenvalue weighted by molar-refractivity contribution is -0.122. The maximum Gasteiger partial charge on any atom is 0.220 e. The summed E-state index contributed by atoms with van der Waals surface area (Å²) in [5.74, 6) is 0.183. The molecule has 0 saturated heterocycles. The fourth-order valence-electron chi connectivity index (χ4n) is 1.39. The first kappa shape index (κ1) is 17.0. The summed E-state index contributed by atoms with van der Waals surface area (Å²) < 4.78 is 13.4. The van der Waals surface area contributed by atoms with Crippen molar-refractivity contribution in [3.63, 3.8) is 0 Å². The zero-order valence-corrected chi connectivity index (χ0v) is 13.0. The lowest BCUT2D eigenvalue weighted by Crippen LogP contribution is -2.44. The van der Waals surface area contributed by atoms with E-state index in [2.05, 4.69) is 5.32 Å². The third kappa shape index (κ3) is 5.51. The van der Waals surface area contributed by atoms with Crippen LogP contribution in [0.15, 0.2) is 29.2 Å². The molecule has 0 heterocycles. The molecule has 2 N–H and O–H groups in total. The minimum Gasteiger partial charge on any atom is -0.388 e. The van der Waals surface area contributed by atoms with E-state index in [0.717, 1.165) is 0 Å². The number of benzene rings is 1. The molecule has 1 amide bonds. The monoisotopic (exact) mass is 299 g/mol. The molecule has 0 aliphatic carbocycles. The van der Waals surface area contributed by atoms with E-state index in [0.29, 0.717) is 17.1 Å². The Morgan fingerprint density at radius 3 is 2.70 bits per heavy atom. The molecule has 0 spiro atoms. The van der Waals surface area contributed by atoms with Crippen LogP contribution in [0, 0.1) is 11.7 Å². The molecule has 5 heteroatoms. The van der Waals surface area contributed by atoms with Gasteiger partial charge >= 0.3 is 0 Å². The molecule has 0 fully saturated rings. The van der Waals surface area contributed by atoms with Crippen molar-refractivity contribution < 1.29 is 14.3 Å². The van der Waals surface area contributed by atoms with E-state index in [-0.39, 0.29) is 24.2 Å². The Balaban J connectivity index is 2.29. The molecule has 0 aliphatic heterocycles. The van der Waals surface area contributed by atoms with E-state index in [4.69, 9.17) is 0 Å². The fraction of sp³-hybridized carbons (Fsp3) is 0.533. The van der Waals surface area contributed by atoms with Gasteiger partial charge in [0.2, 0.25) is 5.91 Å². The zero-order valence-electron chi connectivity index (χ0n) is 12.1. The Morgan fingerprint density at radius 2 is 2.10 bits per heavy atom. The molecule has 20 heavy (non-hydrogen) atoms. The molecule has 3 nitrogen and oxygen atoms in total. The van der Waals surface area contributed by atoms with Crippen molar-refractivity contribution >= 4 is 17.7 Å². The Bertz CT molecular complexity index is 449. The van der Waals surface area contributed by atoms with E-state index in [1.807, 2.05) is 13.8 Å². The number of hydrogen-bond acceptors (Lipinski definition) is 3. The summed E-state index contributed by atoms with van der Waals surface area (Å²) in [6.07, 6.45) is 0.299. The molecule has 1 rings (SSSR count). The van der Waals surface area contributed by atoms with Crippen molar-refractivity contribution in [2.75, 3.05) is 12.3 Å². The van der Waals surface area contributed by atoms with Crippen LogP contribution in [0.2, 0.25) is 0 Å². The molecule has 0 aliphatic rings. The van der Waals surface area contributed by atoms with Crippen LogP contribution in [-0.4, -0.2) is 28.9 Å². The van der Waals surface area contributed by atoms with Gasteiger partial charge in [-0.1, -0.05) is 26.0 Å². The number of carbonyl (C=O) groups is 1. The van der Waals surface area contributed by atoms with Crippen molar-refractivity contribution in [3.05, 3.63) is 30.1 Å². The summed E-state index contributed by atoms with van der Waals surface area (Å²) >= 11 is 1.32. The average molecular weight is 299 g/mol. The average Bonchev–Trinajstić information content (AvgIpc) is 2.38. The first-order chi connectivity index (χ1) is 9.33. The standard InChI is InChI=1S/C15H22FNO2S/c1-11(2)15(3,19)10-17-14(18)8-9-20-13-7-5-4-6-12(13)16/h4-7,11,19H,8-10H2,1-3H3,(H,17,18). The third-order valence-electron chi connectivity index (χ3n) is 3.31. The highest BCUT2D eigenvalue weighted by Gasteiger charge is 2.25. The van der Waals surface area contributed by atoms with Gasteiger partial charge in [0.05, 0.1) is 5.60 Å². The highest BCUT2D eigenvalue weighted by Crippen LogP contribution is 2.21. The van der Waals surface area contributed by atoms with Crippen LogP contribution >= 0.6 is 11.8 Å². The lowest BCUT2D eigenvalue weighted by atomic mass is 9.92. The Labute approximate surface area is 124 Å². The molecular weight excluding hydrogens is 277 g/mol. The summed E-state index contributed by atoms with van der Waals surface area (Å²) in [5, 5.41) is 12.7. The summed E-state index contributed by atoms with van der Waals surface area (Å²) in [4.78, 5) is 12.2. The Morgan fingerprint density at radius 1 is 1.45 bits per heavy atom. The van der Waals surface area contributed by atoms with Gasteiger partial charge in [0.25, 0.3) is 0 Å². The number of nitrogens with one attached hydrogen (secondary N) is 1. The Hall–Kier alpha value is -1.07. The van der Waals surface area contributed by atoms with E-state index < -0.39 is 5.60 Å². The molecule has 1 aromatic rings. The number of rotatable bonds is 7. The van der Waals surface area contributed by atoms with Crippen molar-refractivity contribution in [2.24, 2.45) is 5.92 Å². The number of thioether (sulfide) groups is 1. The van der Waals surface area contributed by atoms with Gasteiger partial charge in [0.15, 0.2) is 0 Å². The van der Waals surface area contributed by atoms with Crippen LogP contribution in [0.5, 0.6) is 0 Å². The maximum absolute atomic E-state index is 13.4. The normalized spacial score (nSPS) is 14.1. The van der Waals surface area contributed by atoms with Gasteiger partial charge in [0.1, 0.15) is 5.82 Å². The molecular formula is C15H22FNO2S. The van der Waals surface area contributed by atoms with Crippen LogP contribution in [-0.2, 0) is 4.79 Å². The van der Waals surface area contributed by atoms with Crippen LogP contribution in [0.25, 0.3) is 0 Å². The molecule has 0 aromatic heterocycles. The molecule has 1 unspecified atom stereocenters. The van der Waals surface area contributed by atoms with E-state index >= 15 is 0 Å². The highest BCUT2D eigenvalue weighted by molar-refractivity contribution is 7.99. The predicted molar refractivity (Wildman–Crippen MR) is 80.2 cm³/mol. The second kappa shape index (κ2) is 7.64. The second-order valence-electron chi connectivity index (χ2n) is 5.32. The number of aliphatic hydroxyl groups is 1. The molecule has 0 saturated carbocycles. The van der Waals surface area contributed by atoms with Gasteiger partial charge in [-0.25, -0.2) is 4.39 Å². The van der Waals surface area contributed by atoms with Crippen molar-refractivity contribution in [1.29, 1.82) is 0 Å². The van der Waals surface area contributed by atoms with Crippen LogP contribution < -0.4 is 5.32 Å². The highest BCUT2D eigenvalue weighted by atomic mass is 32.2. The van der Waals surface area contributed by atoms with Crippen molar-refractivity contribution in [3.8, 4) is 0 Å². The summed E-state index contributed by atoms with van der Waals surface area (Å²) in [7, 11) is 0. The SMILES string of the molecule is CC(C)C(C)(O)CNC(=O)CCSc1ccccc1F. The minimum absolute atomic E-state index is 0.0654. The summed E-state index contributed by atoms with van der Waals surface area (Å²) in [6, 6.07) is 6.51. The molecule has 0 radical (unpaired) electrons. The third-order valence-corrected chi connectivity index (χ3v) is 4.36. The first-order valence-electron chi connectivity index (χ1n) is 6.69. The van der Waals surface area contributed by atoms with Gasteiger partial charge in [-0.3, -0.25) is 4.79 Å². The Kier molecular flexibility index (Phi) is 6.49. The van der Waals surface area contributed by atoms with Crippen LogP contribution in [0.4, 0.5) is 4.39 Å². The molecule has 1 atom stereocenters. The number of carbonyl (C=O) groups excluding carboxylic acids is 1. The van der Waals surface area contributed by atoms with Gasteiger partial charge in [0, 0.05) is 23.6 Å². The van der Waals surface area contributed by atoms with Gasteiger partial charge in [-0.15, -0.1) is 11.8 Å². The fourth-order valence-corrected chi connectivity index (χ4v) is 2.27. The number of amides is 1. The summed E-state index contributed by atoms with van der Waals surface area (Å²) in [6.45, 7) is 5.74. The topological polar surface area (TPSA) is 49.3 Å². The second-order valence-corrected chi connectivity index (χ2v) is 6.45. The van der Waals surface area contributed by atoms with Crippen molar-refractivity contribution in [1.82, 2.24) is 5.32 Å². The van der Waals surface area contributed by atoms with Crippen LogP contribution in [0.3, 0.4) is 0 Å². The van der Waals surface area contributed by atoms with Gasteiger partial charge < -0.3 is 10.4 Å². The molecule has 0 bridgehead atoms. The van der Waals surface area contributed by atoms with Crippen LogP contribution in [0.1, 0.15) is 27.2 Å². The van der Waals surface area contributed by atoms with Crippen molar-refractivity contribution in [2.45, 2.75) is 37.7 Å². The van der Waals surface area contributed by atoms with E-state index in [1.54, 1.807) is 25.1 Å². The number of hydrogen-bond donors (Lipinski definition) is 2. The lowest BCUT2D eigenvalue weighted by Gasteiger charge is -2.27. The first-order valence-corrected chi connectivity index (χ1v) is 7.68. The molecule has 112 valence electrons. The van der Waals surface area contributed by atoms with E-state index in [9.17, 15) is 14.3 Å². The number of halogens is 1. The largest absolute Gasteiger partial charge is 0.388 e. The maximum atomic E-state index is 13.4. The van der Waals surface area contributed by atoms with Gasteiger partial charge in [-0.2, -0.15) is 0 Å². The minimum atomic E-state index is -0.908. The zero-order chi connectivity index (χ0) is 15.2. The predicted octanol–water partition coefficient (Wildman–Crippen LogP) is 2.83. The quantitative estimate of drug-likeness (QED) is 0.761. The smallest absolute Gasteiger partial charge is 0.220 e. The summed E-state index contributed by atoms with van der Waals surface area (Å²) in [5.41, 5.74) is -0.908.